The molecule has 7 heteroatoms. The summed E-state index contributed by atoms with van der Waals surface area (Å²) in [4.78, 5) is 10.3. The minimum Gasteiger partial charge on any atom is -0.378 e. The first-order valence-electron chi connectivity index (χ1n) is 7.13. The molecule has 5 nitrogen and oxygen atoms in total. The van der Waals surface area contributed by atoms with Gasteiger partial charge in [-0.15, -0.1) is 0 Å². The van der Waals surface area contributed by atoms with Crippen LogP contribution in [0.25, 0.3) is 0 Å². The van der Waals surface area contributed by atoms with Gasteiger partial charge in [-0.2, -0.15) is 0 Å². The number of benzene rings is 1. The summed E-state index contributed by atoms with van der Waals surface area (Å²) in [7, 11) is 0. The molecule has 1 atom stereocenters. The maximum absolute atomic E-state index is 10.8. The average Bonchev–Trinajstić information content (AvgIpc) is 2.47. The number of rotatable bonds is 5. The number of nitro benzene ring substituents is 1. The van der Waals surface area contributed by atoms with Crippen molar-refractivity contribution >= 4 is 34.6 Å². The van der Waals surface area contributed by atoms with Crippen LogP contribution in [0.3, 0.4) is 0 Å². The van der Waals surface area contributed by atoms with E-state index in [9.17, 15) is 10.1 Å². The quantitative estimate of drug-likeness (QED) is 0.625. The van der Waals surface area contributed by atoms with Crippen molar-refractivity contribution in [1.82, 2.24) is 0 Å². The number of non-ortho nitro benzene ring substituents is 1. The highest BCUT2D eigenvalue weighted by Crippen LogP contribution is 2.37. The van der Waals surface area contributed by atoms with Gasteiger partial charge in [0.15, 0.2) is 0 Å². The van der Waals surface area contributed by atoms with Crippen molar-refractivity contribution in [3.8, 4) is 0 Å². The Morgan fingerprint density at radius 2 is 1.86 bits per heavy atom. The molecule has 1 aromatic rings. The Hall–Kier alpha value is -1.04. The molecule has 1 aromatic carbocycles. The summed E-state index contributed by atoms with van der Waals surface area (Å²) in [5.41, 5.74) is 6.29. The zero-order valence-corrected chi connectivity index (χ0v) is 13.2. The van der Waals surface area contributed by atoms with Crippen LogP contribution in [0.15, 0.2) is 12.1 Å². The maximum Gasteiger partial charge on any atom is 0.272 e. The fraction of sp³-hybridized carbons (Fsp3) is 0.571. The van der Waals surface area contributed by atoms with Crippen molar-refractivity contribution in [1.29, 1.82) is 0 Å². The van der Waals surface area contributed by atoms with E-state index in [1.807, 2.05) is 0 Å². The largest absolute Gasteiger partial charge is 0.378 e. The number of hydrogen-bond acceptors (Lipinski definition) is 4. The summed E-state index contributed by atoms with van der Waals surface area (Å²) >= 11 is 12.3. The maximum atomic E-state index is 10.8. The molecule has 0 amide bonds. The van der Waals surface area contributed by atoms with Gasteiger partial charge in [-0.05, 0) is 18.8 Å². The summed E-state index contributed by atoms with van der Waals surface area (Å²) in [5.74, 6) is 0.492. The summed E-state index contributed by atoms with van der Waals surface area (Å²) < 4.78 is 0. The molecule has 1 fully saturated rings. The van der Waals surface area contributed by atoms with Crippen LogP contribution in [-0.4, -0.2) is 17.5 Å². The van der Waals surface area contributed by atoms with Gasteiger partial charge in [0.05, 0.1) is 20.7 Å². The Morgan fingerprint density at radius 1 is 1.29 bits per heavy atom. The van der Waals surface area contributed by atoms with Gasteiger partial charge in [0, 0.05) is 24.7 Å². The van der Waals surface area contributed by atoms with E-state index in [1.54, 1.807) is 0 Å². The minimum absolute atomic E-state index is 0.0850. The van der Waals surface area contributed by atoms with E-state index in [2.05, 4.69) is 5.32 Å². The van der Waals surface area contributed by atoms with Gasteiger partial charge in [-0.3, -0.25) is 10.1 Å². The highest BCUT2D eigenvalue weighted by atomic mass is 35.5. The van der Waals surface area contributed by atoms with E-state index < -0.39 is 4.92 Å². The van der Waals surface area contributed by atoms with Crippen molar-refractivity contribution in [3.63, 3.8) is 0 Å². The molecule has 21 heavy (non-hydrogen) atoms. The van der Waals surface area contributed by atoms with Crippen LogP contribution < -0.4 is 11.1 Å². The lowest BCUT2D eigenvalue weighted by molar-refractivity contribution is -0.384. The van der Waals surface area contributed by atoms with Gasteiger partial charge in [0.1, 0.15) is 0 Å². The first kappa shape index (κ1) is 16.3. The SMILES string of the molecule is NCC(Nc1c(Cl)cc([N+](=O)[O-])cc1Cl)C1CCCCC1. The number of nitrogens with one attached hydrogen (secondary N) is 1. The highest BCUT2D eigenvalue weighted by Gasteiger charge is 2.24. The number of hydrogen-bond donors (Lipinski definition) is 2. The number of nitrogens with zero attached hydrogens (tertiary/aromatic N) is 1. The summed E-state index contributed by atoms with van der Waals surface area (Å²) in [6.45, 7) is 0.480. The molecule has 3 N–H and O–H groups in total. The van der Waals surface area contributed by atoms with Crippen LogP contribution in [-0.2, 0) is 0 Å². The lowest BCUT2D eigenvalue weighted by Gasteiger charge is -2.31. The van der Waals surface area contributed by atoms with Crippen molar-refractivity contribution < 1.29 is 4.92 Å². The molecule has 0 radical (unpaired) electrons. The van der Waals surface area contributed by atoms with E-state index in [1.165, 1.54) is 31.4 Å². The van der Waals surface area contributed by atoms with E-state index in [0.29, 0.717) is 18.2 Å². The Labute approximate surface area is 133 Å². The monoisotopic (exact) mass is 331 g/mol. The second-order valence-electron chi connectivity index (χ2n) is 5.43. The predicted molar refractivity (Wildman–Crippen MR) is 86.2 cm³/mol. The van der Waals surface area contributed by atoms with Gasteiger partial charge in [-0.1, -0.05) is 42.5 Å². The first-order valence-corrected chi connectivity index (χ1v) is 7.88. The van der Waals surface area contributed by atoms with Crippen molar-refractivity contribution in [2.24, 2.45) is 11.7 Å². The molecule has 116 valence electrons. The standard InChI is InChI=1S/C14H19Cl2N3O2/c15-11-6-10(19(20)21)7-12(16)14(11)18-13(8-17)9-4-2-1-3-5-9/h6-7,9,13,18H,1-5,8,17H2. The third-order valence-electron chi connectivity index (χ3n) is 4.04. The Balaban J connectivity index is 2.18. The molecule has 1 unspecified atom stereocenters. The Kier molecular flexibility index (Phi) is 5.67. The molecule has 0 saturated heterocycles. The summed E-state index contributed by atoms with van der Waals surface area (Å²) in [5, 5.41) is 14.6. The minimum atomic E-state index is -0.511. The van der Waals surface area contributed by atoms with Crippen LogP contribution >= 0.6 is 23.2 Å². The molecule has 1 aliphatic rings. The molecule has 0 aliphatic heterocycles. The van der Waals surface area contributed by atoms with Crippen LogP contribution in [0.5, 0.6) is 0 Å². The summed E-state index contributed by atoms with van der Waals surface area (Å²) in [6.07, 6.45) is 5.97. The lowest BCUT2D eigenvalue weighted by atomic mass is 9.84. The second-order valence-corrected chi connectivity index (χ2v) is 6.24. The zero-order valence-electron chi connectivity index (χ0n) is 11.6. The van der Waals surface area contributed by atoms with E-state index in [-0.39, 0.29) is 21.8 Å². The molecular formula is C14H19Cl2N3O2. The zero-order chi connectivity index (χ0) is 15.4. The van der Waals surface area contributed by atoms with Crippen molar-refractivity contribution in [2.45, 2.75) is 38.1 Å². The Morgan fingerprint density at radius 3 is 2.33 bits per heavy atom. The Bertz CT molecular complexity index is 496. The fourth-order valence-corrected chi connectivity index (χ4v) is 3.48. The molecule has 0 spiro atoms. The topological polar surface area (TPSA) is 81.2 Å². The average molecular weight is 332 g/mol. The summed E-state index contributed by atoms with van der Waals surface area (Å²) in [6, 6.07) is 2.70. The predicted octanol–water partition coefficient (Wildman–Crippen LogP) is 4.22. The third-order valence-corrected chi connectivity index (χ3v) is 4.64. The van der Waals surface area contributed by atoms with Crippen molar-refractivity contribution in [3.05, 3.63) is 32.3 Å². The van der Waals surface area contributed by atoms with Gasteiger partial charge in [-0.25, -0.2) is 0 Å². The molecule has 0 aromatic heterocycles. The van der Waals surface area contributed by atoms with Gasteiger partial charge >= 0.3 is 0 Å². The van der Waals surface area contributed by atoms with Gasteiger partial charge in [0.25, 0.3) is 5.69 Å². The smallest absolute Gasteiger partial charge is 0.272 e. The number of anilines is 1. The van der Waals surface area contributed by atoms with Gasteiger partial charge < -0.3 is 11.1 Å². The van der Waals surface area contributed by atoms with E-state index >= 15 is 0 Å². The molecule has 2 rings (SSSR count). The van der Waals surface area contributed by atoms with Crippen molar-refractivity contribution in [2.75, 3.05) is 11.9 Å². The highest BCUT2D eigenvalue weighted by molar-refractivity contribution is 6.39. The van der Waals surface area contributed by atoms with Crippen LogP contribution in [0.2, 0.25) is 10.0 Å². The molecule has 1 aliphatic carbocycles. The number of nitro groups is 1. The second kappa shape index (κ2) is 7.29. The lowest BCUT2D eigenvalue weighted by Crippen LogP contribution is -2.37. The van der Waals surface area contributed by atoms with Gasteiger partial charge in [0.2, 0.25) is 0 Å². The van der Waals surface area contributed by atoms with E-state index in [4.69, 9.17) is 28.9 Å². The molecule has 0 heterocycles. The van der Waals surface area contributed by atoms with Crippen LogP contribution in [0.4, 0.5) is 11.4 Å². The normalized spacial score (nSPS) is 17.5. The molecule has 1 saturated carbocycles. The first-order chi connectivity index (χ1) is 10.0. The number of halogens is 2. The van der Waals surface area contributed by atoms with Crippen LogP contribution in [0, 0.1) is 16.0 Å². The molecular weight excluding hydrogens is 313 g/mol. The van der Waals surface area contributed by atoms with E-state index in [0.717, 1.165) is 12.8 Å². The van der Waals surface area contributed by atoms with Crippen LogP contribution in [0.1, 0.15) is 32.1 Å². The fourth-order valence-electron chi connectivity index (χ4n) is 2.89. The molecule has 0 bridgehead atoms. The third kappa shape index (κ3) is 3.99. The number of nitrogens with two attached hydrogens (primary N) is 1.